The van der Waals surface area contributed by atoms with Gasteiger partial charge in [0.25, 0.3) is 0 Å². The summed E-state index contributed by atoms with van der Waals surface area (Å²) in [6.45, 7) is 4.40. The topological polar surface area (TPSA) is 71.3 Å². The molecule has 0 aliphatic rings. The summed E-state index contributed by atoms with van der Waals surface area (Å²) < 4.78 is 64.4. The van der Waals surface area contributed by atoms with Crippen LogP contribution in [-0.2, 0) is 16.6 Å². The number of hydrogen-bond donors (Lipinski definition) is 2. The van der Waals surface area contributed by atoms with E-state index in [-0.39, 0.29) is 17.5 Å². The first-order valence-corrected chi connectivity index (χ1v) is 7.85. The molecule has 1 heterocycles. The number of rotatable bonds is 6. The zero-order chi connectivity index (χ0) is 16.4. The van der Waals surface area contributed by atoms with Crippen LogP contribution in [0.2, 0.25) is 0 Å². The molecule has 0 amide bonds. The second kappa shape index (κ2) is 6.37. The minimum Gasteiger partial charge on any atom is -0.390 e. The number of hydrogen-bond acceptors (Lipinski definition) is 3. The Balaban J connectivity index is 2.98. The highest BCUT2D eigenvalue weighted by Crippen LogP contribution is 2.23. The molecule has 0 aromatic carbocycles. The molecule has 1 rings (SSSR count). The van der Waals surface area contributed by atoms with E-state index >= 15 is 0 Å². The number of halogens is 3. The van der Waals surface area contributed by atoms with E-state index in [1.807, 2.05) is 4.72 Å². The Morgan fingerprint density at radius 2 is 1.90 bits per heavy atom. The van der Waals surface area contributed by atoms with Crippen molar-refractivity contribution in [3.8, 4) is 0 Å². The molecule has 21 heavy (non-hydrogen) atoms. The van der Waals surface area contributed by atoms with Crippen LogP contribution in [0.3, 0.4) is 0 Å². The number of aliphatic hydroxyl groups excluding tert-OH is 1. The van der Waals surface area contributed by atoms with Crippen molar-refractivity contribution in [3.63, 3.8) is 0 Å². The predicted molar refractivity (Wildman–Crippen MR) is 71.2 cm³/mol. The maximum atomic E-state index is 12.2. The highest BCUT2D eigenvalue weighted by Gasteiger charge is 2.32. The van der Waals surface area contributed by atoms with Crippen molar-refractivity contribution in [2.75, 3.05) is 0 Å². The molecule has 0 saturated carbocycles. The fraction of sp³-hybridized carbons (Fsp3) is 0.667. The van der Waals surface area contributed by atoms with Crippen molar-refractivity contribution in [1.29, 1.82) is 0 Å². The van der Waals surface area contributed by atoms with E-state index in [9.17, 15) is 26.7 Å². The van der Waals surface area contributed by atoms with Gasteiger partial charge >= 0.3 is 6.18 Å². The summed E-state index contributed by atoms with van der Waals surface area (Å²) >= 11 is 0. The lowest BCUT2D eigenvalue weighted by Gasteiger charge is -2.15. The summed E-state index contributed by atoms with van der Waals surface area (Å²) in [5.74, 6) is 0. The van der Waals surface area contributed by atoms with Gasteiger partial charge in [0.1, 0.15) is 0 Å². The number of alkyl halides is 3. The van der Waals surface area contributed by atoms with Gasteiger partial charge in [0, 0.05) is 24.0 Å². The molecule has 0 bridgehead atoms. The summed E-state index contributed by atoms with van der Waals surface area (Å²) in [6, 6.07) is -0.0958. The second-order valence-electron chi connectivity index (χ2n) is 5.17. The average Bonchev–Trinajstić information content (AvgIpc) is 2.69. The Kier molecular flexibility index (Phi) is 5.46. The quantitative estimate of drug-likeness (QED) is 0.841. The van der Waals surface area contributed by atoms with Crippen molar-refractivity contribution in [3.05, 3.63) is 18.0 Å². The molecule has 1 atom stereocenters. The van der Waals surface area contributed by atoms with Crippen LogP contribution in [0.5, 0.6) is 0 Å². The molecule has 0 radical (unpaired) electrons. The molecule has 5 nitrogen and oxygen atoms in total. The van der Waals surface area contributed by atoms with Gasteiger partial charge in [0.05, 0.1) is 17.9 Å². The summed E-state index contributed by atoms with van der Waals surface area (Å²) in [7, 11) is -4.06. The van der Waals surface area contributed by atoms with Crippen molar-refractivity contribution >= 4 is 10.0 Å². The van der Waals surface area contributed by atoms with Crippen molar-refractivity contribution in [1.82, 2.24) is 9.29 Å². The molecule has 122 valence electrons. The summed E-state index contributed by atoms with van der Waals surface area (Å²) in [5, 5.41) is 9.20. The molecule has 1 aromatic heterocycles. The van der Waals surface area contributed by atoms with E-state index in [1.165, 1.54) is 12.3 Å². The van der Waals surface area contributed by atoms with Crippen LogP contribution in [0.25, 0.3) is 0 Å². The SMILES string of the molecule is CC(CC(F)(F)F)NS(=O)(=O)c1cc(CO)n(C(C)C)c1. The Morgan fingerprint density at radius 3 is 2.29 bits per heavy atom. The maximum absolute atomic E-state index is 12.2. The van der Waals surface area contributed by atoms with Gasteiger partial charge in [-0.2, -0.15) is 13.2 Å². The minimum absolute atomic E-state index is 0.0799. The van der Waals surface area contributed by atoms with Crippen molar-refractivity contribution < 1.29 is 26.7 Å². The lowest BCUT2D eigenvalue weighted by molar-refractivity contribution is -0.137. The number of nitrogens with one attached hydrogen (secondary N) is 1. The third-order valence-electron chi connectivity index (χ3n) is 2.83. The van der Waals surface area contributed by atoms with E-state index in [2.05, 4.69) is 0 Å². The minimum atomic E-state index is -4.44. The molecule has 9 heteroatoms. The Morgan fingerprint density at radius 1 is 1.33 bits per heavy atom. The molecule has 0 spiro atoms. The molecule has 1 unspecified atom stereocenters. The lowest BCUT2D eigenvalue weighted by Crippen LogP contribution is -2.35. The standard InChI is InChI=1S/C12H19F3N2O3S/c1-8(2)17-6-11(4-10(17)7-18)21(19,20)16-9(3)5-12(13,14)15/h4,6,8-9,16,18H,5,7H2,1-3H3. The van der Waals surface area contributed by atoms with Gasteiger partial charge < -0.3 is 9.67 Å². The molecule has 2 N–H and O–H groups in total. The van der Waals surface area contributed by atoms with E-state index in [4.69, 9.17) is 0 Å². The number of aliphatic hydroxyl groups is 1. The van der Waals surface area contributed by atoms with Crippen LogP contribution in [-0.4, -0.2) is 30.3 Å². The van der Waals surface area contributed by atoms with Crippen LogP contribution in [0.4, 0.5) is 13.2 Å². The first-order valence-electron chi connectivity index (χ1n) is 6.37. The Bertz CT molecular complexity index is 579. The molecular weight excluding hydrogens is 309 g/mol. The van der Waals surface area contributed by atoms with Crippen molar-refractivity contribution in [2.24, 2.45) is 0 Å². The molecule has 0 saturated heterocycles. The van der Waals surface area contributed by atoms with Gasteiger partial charge in [-0.15, -0.1) is 0 Å². The first-order chi connectivity index (χ1) is 9.46. The average molecular weight is 328 g/mol. The van der Waals surface area contributed by atoms with Gasteiger partial charge in [0.15, 0.2) is 0 Å². The Hall–Kier alpha value is -1.06. The number of nitrogens with zero attached hydrogens (tertiary/aromatic N) is 1. The van der Waals surface area contributed by atoms with Gasteiger partial charge in [-0.25, -0.2) is 13.1 Å². The smallest absolute Gasteiger partial charge is 0.390 e. The lowest BCUT2D eigenvalue weighted by atomic mass is 10.2. The Labute approximate surface area is 121 Å². The summed E-state index contributed by atoms with van der Waals surface area (Å²) in [4.78, 5) is -0.158. The summed E-state index contributed by atoms with van der Waals surface area (Å²) in [5.41, 5.74) is 0.383. The molecule has 0 aliphatic carbocycles. The highest BCUT2D eigenvalue weighted by molar-refractivity contribution is 7.89. The van der Waals surface area contributed by atoms with Gasteiger partial charge in [-0.3, -0.25) is 0 Å². The highest BCUT2D eigenvalue weighted by atomic mass is 32.2. The maximum Gasteiger partial charge on any atom is 0.390 e. The zero-order valence-corrected chi connectivity index (χ0v) is 12.8. The largest absolute Gasteiger partial charge is 0.390 e. The molecule has 0 fully saturated rings. The van der Waals surface area contributed by atoms with Crippen LogP contribution >= 0.6 is 0 Å². The van der Waals surface area contributed by atoms with Crippen LogP contribution in [0, 0.1) is 0 Å². The van der Waals surface area contributed by atoms with Gasteiger partial charge in [0.2, 0.25) is 10.0 Å². The number of sulfonamides is 1. The predicted octanol–water partition coefficient (Wildman–Crippen LogP) is 2.18. The zero-order valence-electron chi connectivity index (χ0n) is 12.0. The third-order valence-corrected chi connectivity index (χ3v) is 4.39. The van der Waals surface area contributed by atoms with Crippen LogP contribution < -0.4 is 4.72 Å². The van der Waals surface area contributed by atoms with E-state index in [1.54, 1.807) is 18.4 Å². The van der Waals surface area contributed by atoms with Crippen molar-refractivity contribution in [2.45, 2.75) is 57.0 Å². The fourth-order valence-corrected chi connectivity index (χ4v) is 3.27. The van der Waals surface area contributed by atoms with Crippen LogP contribution in [0.1, 0.15) is 38.9 Å². The van der Waals surface area contributed by atoms with E-state index in [0.717, 1.165) is 6.92 Å². The third kappa shape index (κ3) is 5.01. The molecule has 0 aliphatic heterocycles. The second-order valence-corrected chi connectivity index (χ2v) is 6.88. The first kappa shape index (κ1) is 18.0. The number of aromatic nitrogens is 1. The van der Waals surface area contributed by atoms with Crippen LogP contribution in [0.15, 0.2) is 17.2 Å². The fourth-order valence-electron chi connectivity index (χ4n) is 1.97. The monoisotopic (exact) mass is 328 g/mol. The van der Waals surface area contributed by atoms with E-state index in [0.29, 0.717) is 5.69 Å². The van der Waals surface area contributed by atoms with Gasteiger partial charge in [-0.1, -0.05) is 0 Å². The van der Waals surface area contributed by atoms with E-state index < -0.39 is 28.7 Å². The van der Waals surface area contributed by atoms with Gasteiger partial charge in [-0.05, 0) is 26.8 Å². The molecular formula is C12H19F3N2O3S. The summed E-state index contributed by atoms with van der Waals surface area (Å²) in [6.07, 6.45) is -4.38. The normalized spacial score (nSPS) is 14.7. The molecule has 1 aromatic rings.